The van der Waals surface area contributed by atoms with Gasteiger partial charge in [0.05, 0.1) is 0 Å². The summed E-state index contributed by atoms with van der Waals surface area (Å²) in [6.07, 6.45) is 0. The molecule has 0 spiro atoms. The predicted octanol–water partition coefficient (Wildman–Crippen LogP) is 1.02. The molecule has 1 aromatic carbocycles. The Bertz CT molecular complexity index is 330. The summed E-state index contributed by atoms with van der Waals surface area (Å²) in [6.45, 7) is 1.38. The molecule has 1 atom stereocenters. The maximum Gasteiger partial charge on any atom is 0.221 e. The number of carbonyl (C=O) groups excluding carboxylic acids is 1. The number of amides is 1. The summed E-state index contributed by atoms with van der Waals surface area (Å²) >= 11 is -2.14. The van der Waals surface area contributed by atoms with E-state index in [9.17, 15) is 13.6 Å². The maximum absolute atomic E-state index is 10.8. The summed E-state index contributed by atoms with van der Waals surface area (Å²) in [5, 5.41) is 2.57. The van der Waals surface area contributed by atoms with Crippen molar-refractivity contribution in [1.82, 2.24) is 0 Å². The molecule has 14 heavy (non-hydrogen) atoms. The monoisotopic (exact) mass is 212 g/mol. The molecule has 0 aliphatic heterocycles. The van der Waals surface area contributed by atoms with Crippen LogP contribution in [0.25, 0.3) is 0 Å². The smallest absolute Gasteiger partial charge is 0.221 e. The van der Waals surface area contributed by atoms with E-state index in [4.69, 9.17) is 0 Å². The van der Waals surface area contributed by atoms with Crippen molar-refractivity contribution in [2.24, 2.45) is 0 Å². The number of hydrogen-bond acceptors (Lipinski definition) is 3. The zero-order valence-corrected chi connectivity index (χ0v) is 8.47. The lowest BCUT2D eigenvalue weighted by Crippen LogP contribution is -2.08. The van der Waals surface area contributed by atoms with Crippen molar-refractivity contribution in [2.75, 3.05) is 5.32 Å². The van der Waals surface area contributed by atoms with Crippen molar-refractivity contribution in [3.8, 4) is 0 Å². The van der Waals surface area contributed by atoms with Gasteiger partial charge in [0, 0.05) is 18.4 Å². The first-order valence-electron chi connectivity index (χ1n) is 4.01. The quantitative estimate of drug-likeness (QED) is 0.760. The first-order valence-corrected chi connectivity index (χ1v) is 5.25. The second-order valence-corrected chi connectivity index (χ2v) is 3.68. The molecule has 0 saturated heterocycles. The molecule has 1 unspecified atom stereocenters. The van der Waals surface area contributed by atoms with Crippen LogP contribution in [-0.2, 0) is 21.6 Å². The average Bonchev–Trinajstić information content (AvgIpc) is 2.06. The highest BCUT2D eigenvalue weighted by Crippen LogP contribution is 2.16. The van der Waals surface area contributed by atoms with Gasteiger partial charge in [0.2, 0.25) is 5.91 Å². The largest absolute Gasteiger partial charge is 0.772 e. The van der Waals surface area contributed by atoms with Gasteiger partial charge in [-0.3, -0.25) is 9.00 Å². The van der Waals surface area contributed by atoms with E-state index in [0.717, 1.165) is 0 Å². The van der Waals surface area contributed by atoms with E-state index < -0.39 is 11.1 Å². The second-order valence-electron chi connectivity index (χ2n) is 2.79. The van der Waals surface area contributed by atoms with Crippen molar-refractivity contribution >= 4 is 22.7 Å². The van der Waals surface area contributed by atoms with E-state index >= 15 is 0 Å². The average molecular weight is 212 g/mol. The Morgan fingerprint density at radius 1 is 1.50 bits per heavy atom. The molecule has 0 fully saturated rings. The molecule has 1 rings (SSSR count). The molecule has 1 amide bonds. The van der Waals surface area contributed by atoms with Crippen molar-refractivity contribution in [2.45, 2.75) is 12.7 Å². The highest BCUT2D eigenvalue weighted by atomic mass is 32.2. The van der Waals surface area contributed by atoms with Crippen LogP contribution in [0, 0.1) is 0 Å². The molecule has 1 aromatic rings. The summed E-state index contributed by atoms with van der Waals surface area (Å²) < 4.78 is 21.0. The van der Waals surface area contributed by atoms with Crippen LogP contribution in [0.15, 0.2) is 24.3 Å². The number of carbonyl (C=O) groups is 1. The molecule has 5 heteroatoms. The standard InChI is InChI=1S/C9H11NO3S/c1-7(11)10-9-5-3-2-4-8(9)6-14(12)13/h2-5H,6H2,1H3,(H,10,11)(H,12,13)/p-1. The van der Waals surface area contributed by atoms with Gasteiger partial charge in [0.25, 0.3) is 0 Å². The van der Waals surface area contributed by atoms with E-state index in [-0.39, 0.29) is 11.7 Å². The van der Waals surface area contributed by atoms with Crippen molar-refractivity contribution < 1.29 is 13.6 Å². The molecule has 1 N–H and O–H groups in total. The van der Waals surface area contributed by atoms with Gasteiger partial charge in [0.15, 0.2) is 0 Å². The van der Waals surface area contributed by atoms with E-state index in [2.05, 4.69) is 5.32 Å². The number of hydrogen-bond donors (Lipinski definition) is 1. The fourth-order valence-electron chi connectivity index (χ4n) is 1.08. The molecule has 0 heterocycles. The molecule has 0 bridgehead atoms. The third-order valence-electron chi connectivity index (χ3n) is 1.60. The highest BCUT2D eigenvalue weighted by Gasteiger charge is 2.02. The minimum absolute atomic E-state index is 0.0869. The van der Waals surface area contributed by atoms with Crippen LogP contribution in [0.1, 0.15) is 12.5 Å². The Balaban J connectivity index is 2.90. The molecule has 0 saturated carbocycles. The predicted molar refractivity (Wildman–Crippen MR) is 53.4 cm³/mol. The Hall–Kier alpha value is -1.20. The van der Waals surface area contributed by atoms with Gasteiger partial charge in [-0.2, -0.15) is 0 Å². The molecule has 0 aliphatic carbocycles. The van der Waals surface area contributed by atoms with E-state index in [0.29, 0.717) is 11.3 Å². The van der Waals surface area contributed by atoms with Crippen LogP contribution >= 0.6 is 0 Å². The first kappa shape index (κ1) is 10.9. The highest BCUT2D eigenvalue weighted by molar-refractivity contribution is 7.78. The summed E-state index contributed by atoms with van der Waals surface area (Å²) in [6, 6.07) is 6.81. The first-order chi connectivity index (χ1) is 6.59. The zero-order chi connectivity index (χ0) is 10.6. The zero-order valence-electron chi connectivity index (χ0n) is 7.65. The van der Waals surface area contributed by atoms with Gasteiger partial charge in [-0.15, -0.1) is 0 Å². The van der Waals surface area contributed by atoms with Crippen LogP contribution in [0.2, 0.25) is 0 Å². The van der Waals surface area contributed by atoms with Crippen molar-refractivity contribution in [3.05, 3.63) is 29.8 Å². The molecular weight excluding hydrogens is 202 g/mol. The van der Waals surface area contributed by atoms with Crippen LogP contribution in [0.4, 0.5) is 5.69 Å². The summed E-state index contributed by atoms with van der Waals surface area (Å²) in [5.41, 5.74) is 1.14. The van der Waals surface area contributed by atoms with E-state index in [1.807, 2.05) is 0 Å². The van der Waals surface area contributed by atoms with Crippen LogP contribution in [0.3, 0.4) is 0 Å². The number of nitrogens with one attached hydrogen (secondary N) is 1. The molecule has 0 aromatic heterocycles. The number of rotatable bonds is 3. The molecule has 0 aliphatic rings. The maximum atomic E-state index is 10.8. The topological polar surface area (TPSA) is 69.2 Å². The van der Waals surface area contributed by atoms with E-state index in [1.54, 1.807) is 24.3 Å². The van der Waals surface area contributed by atoms with Gasteiger partial charge in [0.1, 0.15) is 0 Å². The third kappa shape index (κ3) is 3.27. The van der Waals surface area contributed by atoms with Gasteiger partial charge in [-0.05, 0) is 11.6 Å². The number of anilines is 1. The summed E-state index contributed by atoms with van der Waals surface area (Å²) in [7, 11) is 0. The van der Waals surface area contributed by atoms with Crippen molar-refractivity contribution in [3.63, 3.8) is 0 Å². The van der Waals surface area contributed by atoms with Gasteiger partial charge in [-0.25, -0.2) is 0 Å². The minimum atomic E-state index is -2.14. The molecule has 4 nitrogen and oxygen atoms in total. The van der Waals surface area contributed by atoms with E-state index in [1.165, 1.54) is 6.92 Å². The second kappa shape index (κ2) is 4.88. The van der Waals surface area contributed by atoms with Crippen LogP contribution in [-0.4, -0.2) is 14.7 Å². The Kier molecular flexibility index (Phi) is 3.79. The Labute approximate surface area is 84.6 Å². The fourth-order valence-corrected chi connectivity index (χ4v) is 1.59. The summed E-state index contributed by atoms with van der Waals surface area (Å²) in [5.74, 6) is -0.301. The lowest BCUT2D eigenvalue weighted by atomic mass is 10.2. The number of para-hydroxylation sites is 1. The van der Waals surface area contributed by atoms with Crippen LogP contribution in [0.5, 0.6) is 0 Å². The van der Waals surface area contributed by atoms with Crippen molar-refractivity contribution in [1.29, 1.82) is 0 Å². The van der Waals surface area contributed by atoms with Gasteiger partial charge in [-0.1, -0.05) is 29.3 Å². The Morgan fingerprint density at radius 2 is 2.14 bits per heavy atom. The van der Waals surface area contributed by atoms with Gasteiger partial charge < -0.3 is 9.87 Å². The minimum Gasteiger partial charge on any atom is -0.772 e. The third-order valence-corrected chi connectivity index (χ3v) is 2.15. The summed E-state index contributed by atoms with van der Waals surface area (Å²) in [4.78, 5) is 10.8. The van der Waals surface area contributed by atoms with Gasteiger partial charge >= 0.3 is 0 Å². The van der Waals surface area contributed by atoms with Crippen LogP contribution < -0.4 is 5.32 Å². The fraction of sp³-hybridized carbons (Fsp3) is 0.222. The lowest BCUT2D eigenvalue weighted by Gasteiger charge is -2.10. The molecule has 0 radical (unpaired) electrons. The molecule has 76 valence electrons. The Morgan fingerprint density at radius 3 is 2.71 bits per heavy atom. The lowest BCUT2D eigenvalue weighted by molar-refractivity contribution is -0.114. The normalized spacial score (nSPS) is 12.1. The molecular formula is C9H10NO3S-. The number of benzene rings is 1. The SMILES string of the molecule is CC(=O)Nc1ccccc1CS(=O)[O-].